The first kappa shape index (κ1) is 17.2. The van der Waals surface area contributed by atoms with Crippen LogP contribution in [0.15, 0.2) is 56.5 Å². The first-order chi connectivity index (χ1) is 11.9. The molecule has 1 aromatic heterocycles. The summed E-state index contributed by atoms with van der Waals surface area (Å²) >= 11 is 3.36. The average molecular weight is 402 g/mol. The van der Waals surface area contributed by atoms with Crippen LogP contribution in [0, 0.1) is 6.92 Å². The van der Waals surface area contributed by atoms with Crippen LogP contribution in [0.1, 0.15) is 5.56 Å². The number of rotatable bonds is 3. The Balaban J connectivity index is 1.96. The molecule has 0 unspecified atom stereocenters. The maximum absolute atomic E-state index is 12.6. The highest BCUT2D eigenvalue weighted by Crippen LogP contribution is 2.19. The highest BCUT2D eigenvalue weighted by Gasteiger charge is 2.14. The summed E-state index contributed by atoms with van der Waals surface area (Å²) in [4.78, 5) is 37.3. The van der Waals surface area contributed by atoms with Crippen LogP contribution in [-0.2, 0) is 18.4 Å². The summed E-state index contributed by atoms with van der Waals surface area (Å²) in [6, 6.07) is 12.3. The van der Waals surface area contributed by atoms with Crippen molar-refractivity contribution in [2.75, 3.05) is 5.32 Å². The van der Waals surface area contributed by atoms with Gasteiger partial charge in [-0.3, -0.25) is 18.7 Å². The van der Waals surface area contributed by atoms with Gasteiger partial charge in [0.15, 0.2) is 0 Å². The van der Waals surface area contributed by atoms with Gasteiger partial charge in [-0.15, -0.1) is 0 Å². The molecule has 1 N–H and O–H groups in total. The third kappa shape index (κ3) is 3.28. The molecular formula is C18H16BrN3O3. The molecule has 3 aromatic rings. The van der Waals surface area contributed by atoms with E-state index < -0.39 is 17.2 Å². The normalized spacial score (nSPS) is 10.8. The first-order valence-corrected chi connectivity index (χ1v) is 8.42. The second-order valence-electron chi connectivity index (χ2n) is 5.76. The van der Waals surface area contributed by atoms with E-state index in [0.717, 1.165) is 14.6 Å². The lowest BCUT2D eigenvalue weighted by Crippen LogP contribution is -2.41. The molecule has 2 aromatic carbocycles. The Morgan fingerprint density at radius 2 is 1.88 bits per heavy atom. The summed E-state index contributed by atoms with van der Waals surface area (Å²) in [6.45, 7) is 1.52. The van der Waals surface area contributed by atoms with E-state index >= 15 is 0 Å². The third-order valence-electron chi connectivity index (χ3n) is 4.02. The maximum atomic E-state index is 12.6. The Morgan fingerprint density at radius 1 is 1.16 bits per heavy atom. The second-order valence-corrected chi connectivity index (χ2v) is 6.67. The van der Waals surface area contributed by atoms with Crippen LogP contribution in [0.4, 0.5) is 5.69 Å². The standard InChI is InChI=1S/C18H16BrN3O3/c1-11-9-12(19)7-8-14(11)20-16(23)10-22-17(24)13-5-3-4-6-15(13)21(2)18(22)25/h3-9H,10H2,1-2H3,(H,20,23). The summed E-state index contributed by atoms with van der Waals surface area (Å²) < 4.78 is 3.23. The van der Waals surface area contributed by atoms with Crippen LogP contribution in [0.25, 0.3) is 10.9 Å². The Kier molecular flexibility index (Phi) is 4.59. The van der Waals surface area contributed by atoms with Gasteiger partial charge < -0.3 is 5.32 Å². The van der Waals surface area contributed by atoms with E-state index in [1.165, 1.54) is 4.57 Å². The van der Waals surface area contributed by atoms with Gasteiger partial charge in [-0.1, -0.05) is 28.1 Å². The molecule has 0 spiro atoms. The molecule has 1 heterocycles. The van der Waals surface area contributed by atoms with Gasteiger partial charge in [0.05, 0.1) is 10.9 Å². The molecule has 1 amide bonds. The summed E-state index contributed by atoms with van der Waals surface area (Å²) in [5.41, 5.74) is 1.06. The molecule has 7 heteroatoms. The lowest BCUT2D eigenvalue weighted by atomic mass is 10.2. The van der Waals surface area contributed by atoms with Gasteiger partial charge >= 0.3 is 5.69 Å². The SMILES string of the molecule is Cc1cc(Br)ccc1NC(=O)Cn1c(=O)c2ccccc2n(C)c1=O. The number of aromatic nitrogens is 2. The van der Waals surface area contributed by atoms with Crippen molar-refractivity contribution in [3.63, 3.8) is 0 Å². The number of carbonyl (C=O) groups is 1. The lowest BCUT2D eigenvalue weighted by Gasteiger charge is -2.12. The predicted molar refractivity (Wildman–Crippen MR) is 101 cm³/mol. The van der Waals surface area contributed by atoms with Gasteiger partial charge in [0.25, 0.3) is 5.56 Å². The molecule has 0 saturated carbocycles. The monoisotopic (exact) mass is 401 g/mol. The van der Waals surface area contributed by atoms with Gasteiger partial charge in [0.1, 0.15) is 6.54 Å². The third-order valence-corrected chi connectivity index (χ3v) is 4.52. The maximum Gasteiger partial charge on any atom is 0.331 e. The molecule has 25 heavy (non-hydrogen) atoms. The summed E-state index contributed by atoms with van der Waals surface area (Å²) in [5.74, 6) is -0.431. The molecule has 0 fully saturated rings. The Bertz CT molecular complexity index is 1100. The minimum absolute atomic E-state index is 0.341. The van der Waals surface area contributed by atoms with E-state index in [4.69, 9.17) is 0 Å². The number of hydrogen-bond donors (Lipinski definition) is 1. The average Bonchev–Trinajstić information content (AvgIpc) is 2.59. The van der Waals surface area contributed by atoms with Crippen LogP contribution in [0.3, 0.4) is 0 Å². The van der Waals surface area contributed by atoms with Gasteiger partial charge in [-0.2, -0.15) is 0 Å². The van der Waals surface area contributed by atoms with Crippen molar-refractivity contribution in [2.45, 2.75) is 13.5 Å². The van der Waals surface area contributed by atoms with Crippen LogP contribution in [0.2, 0.25) is 0 Å². The first-order valence-electron chi connectivity index (χ1n) is 7.63. The second kappa shape index (κ2) is 6.68. The largest absolute Gasteiger partial charge is 0.331 e. The quantitative estimate of drug-likeness (QED) is 0.732. The Hall–Kier alpha value is -2.67. The van der Waals surface area contributed by atoms with Crippen molar-refractivity contribution in [2.24, 2.45) is 7.05 Å². The smallest absolute Gasteiger partial charge is 0.324 e. The molecular weight excluding hydrogens is 386 g/mol. The fourth-order valence-electron chi connectivity index (χ4n) is 2.70. The van der Waals surface area contributed by atoms with Crippen molar-refractivity contribution in [1.82, 2.24) is 9.13 Å². The molecule has 0 aliphatic carbocycles. The van der Waals surface area contributed by atoms with Gasteiger partial charge in [-0.05, 0) is 42.8 Å². The molecule has 0 radical (unpaired) electrons. The number of aryl methyl sites for hydroxylation is 2. The van der Waals surface area contributed by atoms with Gasteiger partial charge in [0, 0.05) is 17.2 Å². The van der Waals surface area contributed by atoms with E-state index in [-0.39, 0.29) is 6.54 Å². The van der Waals surface area contributed by atoms with Crippen molar-refractivity contribution in [3.05, 3.63) is 73.3 Å². The molecule has 0 bridgehead atoms. The van der Waals surface area contributed by atoms with Crippen molar-refractivity contribution < 1.29 is 4.79 Å². The number of benzene rings is 2. The van der Waals surface area contributed by atoms with Crippen LogP contribution in [-0.4, -0.2) is 15.0 Å². The van der Waals surface area contributed by atoms with E-state index in [2.05, 4.69) is 21.2 Å². The highest BCUT2D eigenvalue weighted by atomic mass is 79.9. The van der Waals surface area contributed by atoms with E-state index in [1.807, 2.05) is 19.1 Å². The van der Waals surface area contributed by atoms with E-state index in [1.54, 1.807) is 37.4 Å². The van der Waals surface area contributed by atoms with E-state index in [9.17, 15) is 14.4 Å². The number of fused-ring (bicyclic) bond motifs is 1. The number of halogens is 1. The van der Waals surface area contributed by atoms with Crippen molar-refractivity contribution in [3.8, 4) is 0 Å². The molecule has 0 saturated heterocycles. The Labute approximate surface area is 151 Å². The molecule has 6 nitrogen and oxygen atoms in total. The van der Waals surface area contributed by atoms with Gasteiger partial charge in [-0.25, -0.2) is 4.79 Å². The summed E-state index contributed by atoms with van der Waals surface area (Å²) in [5, 5.41) is 3.14. The number of anilines is 1. The van der Waals surface area contributed by atoms with Crippen LogP contribution in [0.5, 0.6) is 0 Å². The fraction of sp³-hybridized carbons (Fsp3) is 0.167. The van der Waals surface area contributed by atoms with Crippen molar-refractivity contribution >= 4 is 38.4 Å². The number of para-hydroxylation sites is 1. The highest BCUT2D eigenvalue weighted by molar-refractivity contribution is 9.10. The lowest BCUT2D eigenvalue weighted by molar-refractivity contribution is -0.116. The fourth-order valence-corrected chi connectivity index (χ4v) is 3.18. The number of nitrogens with one attached hydrogen (secondary N) is 1. The predicted octanol–water partition coefficient (Wildman–Crippen LogP) is 2.41. The number of amides is 1. The minimum Gasteiger partial charge on any atom is -0.324 e. The molecule has 0 aliphatic rings. The summed E-state index contributed by atoms with van der Waals surface area (Å²) in [6.07, 6.45) is 0. The molecule has 0 atom stereocenters. The zero-order chi connectivity index (χ0) is 18.1. The zero-order valence-corrected chi connectivity index (χ0v) is 15.3. The number of hydrogen-bond acceptors (Lipinski definition) is 3. The Morgan fingerprint density at radius 3 is 2.60 bits per heavy atom. The van der Waals surface area contributed by atoms with Crippen LogP contribution >= 0.6 is 15.9 Å². The molecule has 0 aliphatic heterocycles. The zero-order valence-electron chi connectivity index (χ0n) is 13.7. The topological polar surface area (TPSA) is 73.1 Å². The molecule has 128 valence electrons. The minimum atomic E-state index is -0.522. The molecule has 3 rings (SSSR count). The van der Waals surface area contributed by atoms with E-state index in [0.29, 0.717) is 16.6 Å². The van der Waals surface area contributed by atoms with Gasteiger partial charge in [0.2, 0.25) is 5.91 Å². The van der Waals surface area contributed by atoms with Crippen LogP contribution < -0.4 is 16.6 Å². The van der Waals surface area contributed by atoms with Crippen molar-refractivity contribution in [1.29, 1.82) is 0 Å². The summed E-state index contributed by atoms with van der Waals surface area (Å²) in [7, 11) is 1.58. The number of nitrogens with zero attached hydrogens (tertiary/aromatic N) is 2. The number of carbonyl (C=O) groups excluding carboxylic acids is 1.